The number of nitrogens with one attached hydrogen (secondary N) is 1. The van der Waals surface area contributed by atoms with Crippen molar-refractivity contribution in [2.45, 2.75) is 0 Å². The van der Waals surface area contributed by atoms with Crippen molar-refractivity contribution in [3.8, 4) is 0 Å². The number of hydrogen-bond donors (Lipinski definition) is 1. The van der Waals surface area contributed by atoms with Gasteiger partial charge in [-0.2, -0.15) is 0 Å². The summed E-state index contributed by atoms with van der Waals surface area (Å²) in [5, 5.41) is 1.39. The topological polar surface area (TPSA) is 32.9 Å². The fourth-order valence-corrected chi connectivity index (χ4v) is 3.66. The molecule has 0 spiro atoms. The molecule has 98 valence electrons. The Kier molecular flexibility index (Phi) is 2.23. The summed E-state index contributed by atoms with van der Waals surface area (Å²) in [6.45, 7) is 0. The van der Waals surface area contributed by atoms with Crippen LogP contribution in [0.15, 0.2) is 41.2 Å². The molecular formula is C15H7F2NOS. The highest BCUT2D eigenvalue weighted by Gasteiger charge is 2.15. The van der Waals surface area contributed by atoms with E-state index in [-0.39, 0.29) is 5.56 Å². The number of rotatable bonds is 0. The number of hydrogen-bond acceptors (Lipinski definition) is 2. The van der Waals surface area contributed by atoms with E-state index in [1.54, 1.807) is 12.1 Å². The van der Waals surface area contributed by atoms with E-state index in [0.717, 1.165) is 0 Å². The Morgan fingerprint density at radius 3 is 2.75 bits per heavy atom. The second-order valence-electron chi connectivity index (χ2n) is 4.56. The maximum Gasteiger partial charge on any atom is 0.266 e. The van der Waals surface area contributed by atoms with Gasteiger partial charge in [0.1, 0.15) is 16.3 Å². The van der Waals surface area contributed by atoms with Gasteiger partial charge in [0, 0.05) is 26.4 Å². The van der Waals surface area contributed by atoms with Crippen LogP contribution in [0.2, 0.25) is 0 Å². The molecule has 0 atom stereocenters. The summed E-state index contributed by atoms with van der Waals surface area (Å²) in [6.07, 6.45) is 0. The van der Waals surface area contributed by atoms with Crippen LogP contribution in [-0.2, 0) is 0 Å². The molecule has 2 nitrogen and oxygen atoms in total. The van der Waals surface area contributed by atoms with E-state index in [1.807, 2.05) is 0 Å². The first-order valence-corrected chi connectivity index (χ1v) is 6.79. The second-order valence-corrected chi connectivity index (χ2v) is 5.62. The standard InChI is InChI=1S/C15H7F2NOS/c16-7-4-5-10-8(6-7)12-13-9(17)2-1-3-11(13)20-14(12)15(19)18-10/h1-6H,(H,18,19). The number of aromatic nitrogens is 1. The number of halogens is 2. The van der Waals surface area contributed by atoms with E-state index in [9.17, 15) is 13.6 Å². The van der Waals surface area contributed by atoms with Gasteiger partial charge in [-0.15, -0.1) is 11.3 Å². The van der Waals surface area contributed by atoms with Crippen LogP contribution in [0.5, 0.6) is 0 Å². The first-order valence-electron chi connectivity index (χ1n) is 5.97. The molecule has 0 aliphatic heterocycles. The van der Waals surface area contributed by atoms with Gasteiger partial charge >= 0.3 is 0 Å². The van der Waals surface area contributed by atoms with Gasteiger partial charge < -0.3 is 4.98 Å². The number of aromatic amines is 1. The smallest absolute Gasteiger partial charge is 0.266 e. The van der Waals surface area contributed by atoms with Crippen molar-refractivity contribution in [2.75, 3.05) is 0 Å². The van der Waals surface area contributed by atoms with Crippen LogP contribution < -0.4 is 5.56 Å². The van der Waals surface area contributed by atoms with Crippen LogP contribution in [-0.4, -0.2) is 4.98 Å². The van der Waals surface area contributed by atoms with Crippen molar-refractivity contribution in [1.82, 2.24) is 4.98 Å². The van der Waals surface area contributed by atoms with E-state index in [0.29, 0.717) is 31.1 Å². The maximum absolute atomic E-state index is 14.1. The zero-order valence-electron chi connectivity index (χ0n) is 10.0. The van der Waals surface area contributed by atoms with Crippen LogP contribution in [0.4, 0.5) is 8.78 Å². The molecule has 4 aromatic rings. The van der Waals surface area contributed by atoms with E-state index < -0.39 is 11.6 Å². The Bertz CT molecular complexity index is 1050. The van der Waals surface area contributed by atoms with Crippen molar-refractivity contribution in [3.05, 3.63) is 58.4 Å². The molecule has 20 heavy (non-hydrogen) atoms. The largest absolute Gasteiger partial charge is 0.321 e. The Morgan fingerprint density at radius 2 is 1.90 bits per heavy atom. The number of pyridine rings is 1. The van der Waals surface area contributed by atoms with Gasteiger partial charge in [0.15, 0.2) is 0 Å². The molecule has 0 unspecified atom stereocenters. The molecule has 0 aliphatic rings. The van der Waals surface area contributed by atoms with Crippen molar-refractivity contribution in [3.63, 3.8) is 0 Å². The Labute approximate surface area is 115 Å². The van der Waals surface area contributed by atoms with Gasteiger partial charge in [-0.05, 0) is 30.3 Å². The lowest BCUT2D eigenvalue weighted by atomic mass is 10.1. The molecule has 0 saturated carbocycles. The molecule has 4 rings (SSSR count). The molecule has 1 N–H and O–H groups in total. The van der Waals surface area contributed by atoms with E-state index in [1.165, 1.54) is 35.6 Å². The van der Waals surface area contributed by atoms with Gasteiger partial charge in [-0.25, -0.2) is 8.78 Å². The molecule has 2 aromatic heterocycles. The number of fused-ring (bicyclic) bond motifs is 5. The summed E-state index contributed by atoms with van der Waals surface area (Å²) in [6, 6.07) is 8.80. The number of thiophene rings is 1. The molecule has 2 aromatic carbocycles. The summed E-state index contributed by atoms with van der Waals surface area (Å²) in [5.41, 5.74) is 0.228. The first kappa shape index (κ1) is 11.5. The molecular weight excluding hydrogens is 280 g/mol. The Balaban J connectivity index is 2.44. The fourth-order valence-electron chi connectivity index (χ4n) is 2.53. The van der Waals surface area contributed by atoms with Gasteiger partial charge in [0.05, 0.1) is 0 Å². The molecule has 0 amide bonds. The second kappa shape index (κ2) is 3.86. The maximum atomic E-state index is 14.1. The lowest BCUT2D eigenvalue weighted by Gasteiger charge is -2.01. The molecule has 0 saturated heterocycles. The minimum atomic E-state index is -0.415. The summed E-state index contributed by atoms with van der Waals surface area (Å²) < 4.78 is 28.7. The van der Waals surface area contributed by atoms with Crippen LogP contribution >= 0.6 is 11.3 Å². The monoisotopic (exact) mass is 287 g/mol. The average Bonchev–Trinajstić information content (AvgIpc) is 2.81. The molecule has 0 aliphatic carbocycles. The highest BCUT2D eigenvalue weighted by molar-refractivity contribution is 7.26. The summed E-state index contributed by atoms with van der Waals surface area (Å²) in [5.74, 6) is -0.813. The van der Waals surface area contributed by atoms with Crippen LogP contribution in [0.3, 0.4) is 0 Å². The quantitative estimate of drug-likeness (QED) is 0.517. The van der Waals surface area contributed by atoms with Gasteiger partial charge in [-0.1, -0.05) is 6.07 Å². The van der Waals surface area contributed by atoms with Crippen molar-refractivity contribution >= 4 is 42.4 Å². The number of benzene rings is 2. The zero-order chi connectivity index (χ0) is 13.9. The summed E-state index contributed by atoms with van der Waals surface area (Å²) in [7, 11) is 0. The normalized spacial score (nSPS) is 11.7. The van der Waals surface area contributed by atoms with Gasteiger partial charge in [-0.3, -0.25) is 4.79 Å². The van der Waals surface area contributed by atoms with Crippen LogP contribution in [0.25, 0.3) is 31.1 Å². The third kappa shape index (κ3) is 1.44. The molecule has 0 fully saturated rings. The Morgan fingerprint density at radius 1 is 1.05 bits per heavy atom. The number of H-pyrrole nitrogens is 1. The fraction of sp³-hybridized carbons (Fsp3) is 0. The van der Waals surface area contributed by atoms with E-state index in [2.05, 4.69) is 4.98 Å². The third-order valence-corrected chi connectivity index (χ3v) is 4.52. The van der Waals surface area contributed by atoms with Crippen molar-refractivity contribution < 1.29 is 8.78 Å². The van der Waals surface area contributed by atoms with E-state index >= 15 is 0 Å². The van der Waals surface area contributed by atoms with Crippen molar-refractivity contribution in [2.24, 2.45) is 0 Å². The van der Waals surface area contributed by atoms with Crippen LogP contribution in [0, 0.1) is 11.6 Å². The van der Waals surface area contributed by atoms with Crippen molar-refractivity contribution in [1.29, 1.82) is 0 Å². The van der Waals surface area contributed by atoms with Crippen LogP contribution in [0.1, 0.15) is 0 Å². The zero-order valence-corrected chi connectivity index (χ0v) is 10.9. The molecule has 5 heteroatoms. The highest BCUT2D eigenvalue weighted by atomic mass is 32.1. The van der Waals surface area contributed by atoms with Gasteiger partial charge in [0.2, 0.25) is 0 Å². The predicted molar refractivity (Wildman–Crippen MR) is 77.4 cm³/mol. The highest BCUT2D eigenvalue weighted by Crippen LogP contribution is 2.37. The first-order chi connectivity index (χ1) is 9.65. The minimum Gasteiger partial charge on any atom is -0.321 e. The lowest BCUT2D eigenvalue weighted by molar-refractivity contribution is 0.629. The minimum absolute atomic E-state index is 0.278. The van der Waals surface area contributed by atoms with E-state index in [4.69, 9.17) is 0 Å². The third-order valence-electron chi connectivity index (χ3n) is 3.37. The molecule has 2 heterocycles. The summed E-state index contributed by atoms with van der Waals surface area (Å²) in [4.78, 5) is 14.8. The summed E-state index contributed by atoms with van der Waals surface area (Å²) >= 11 is 1.22. The predicted octanol–water partition coefficient (Wildman–Crippen LogP) is 4.17. The molecule has 0 radical (unpaired) electrons. The average molecular weight is 287 g/mol. The lowest BCUT2D eigenvalue weighted by Crippen LogP contribution is -2.04. The Hall–Kier alpha value is -2.27. The SMILES string of the molecule is O=c1[nH]c2ccc(F)cc2c2c1sc1cccc(F)c12. The molecule has 0 bridgehead atoms. The van der Waals surface area contributed by atoms with Gasteiger partial charge in [0.25, 0.3) is 5.56 Å².